The summed E-state index contributed by atoms with van der Waals surface area (Å²) in [5, 5.41) is 3.07. The fourth-order valence-corrected chi connectivity index (χ4v) is 9.97. The number of benzene rings is 4. The van der Waals surface area contributed by atoms with Crippen molar-refractivity contribution in [1.29, 1.82) is 0 Å². The van der Waals surface area contributed by atoms with Gasteiger partial charge in [-0.25, -0.2) is 11.1 Å². The molecule has 0 saturated carbocycles. The fraction of sp³-hybridized carbons (Fsp3) is 0.200. The maximum absolute atomic E-state index is 3.32. The summed E-state index contributed by atoms with van der Waals surface area (Å²) in [5.41, 5.74) is 10.3. The predicted octanol–water partition coefficient (Wildman–Crippen LogP) is 2.92. The zero-order chi connectivity index (χ0) is 29.7. The Hall–Kier alpha value is -2.49. The number of hydrogen-bond donors (Lipinski definition) is 0. The molecule has 0 bridgehead atoms. The van der Waals surface area contributed by atoms with Crippen LogP contribution in [0, 0.1) is 12.2 Å². The average molecular weight is 798 g/mol. The van der Waals surface area contributed by atoms with Gasteiger partial charge < -0.3 is 24.8 Å². The molecule has 0 fully saturated rings. The van der Waals surface area contributed by atoms with Gasteiger partial charge in [0, 0.05) is 0 Å². The van der Waals surface area contributed by atoms with E-state index in [1.165, 1.54) is 77.9 Å². The van der Waals surface area contributed by atoms with Gasteiger partial charge in [0.2, 0.25) is 0 Å². The van der Waals surface area contributed by atoms with Crippen LogP contribution in [0.2, 0.25) is 0 Å². The standard InChI is InChI=1S/2C14H15.C12H10Si.2ClH.Hf/c2*1-3-12-7-9-13(10-8-12)14-6-4-5-11(14)2;1-3-7-11(8-4-1)13-12-9-5-2-6-10-12;;;/h2*6-10H,3-4H2,1-2H3;1-10H;2*1H;/q2*-1;;;;+2/p-2. The Morgan fingerprint density at radius 1 is 0.545 bits per heavy atom. The Balaban J connectivity index is 0.000000225. The number of halogens is 2. The van der Waals surface area contributed by atoms with Crippen LogP contribution in [-0.2, 0) is 35.8 Å². The molecular formula is C40H40Cl2HfSi-2. The Kier molecular flexibility index (Phi) is 17.0. The van der Waals surface area contributed by atoms with Gasteiger partial charge in [0.05, 0.1) is 0 Å². The molecule has 44 heavy (non-hydrogen) atoms. The summed E-state index contributed by atoms with van der Waals surface area (Å²) in [7, 11) is 0. The van der Waals surface area contributed by atoms with Crippen LogP contribution in [0.15, 0.2) is 132 Å². The van der Waals surface area contributed by atoms with Crippen LogP contribution >= 0.6 is 0 Å². The van der Waals surface area contributed by atoms with Gasteiger partial charge in [0.1, 0.15) is 0 Å². The molecule has 0 nitrogen and oxygen atoms in total. The SMILES string of the molecule is CCc1ccc(C2=CC[C-]=C2C)cc1.CCc1ccc(C2=CC[C-]=C2C)cc1.[Cl-].[Cl-].[Hf+2]=[Si](c1ccccc1)c1ccccc1. The van der Waals surface area contributed by atoms with Crippen molar-refractivity contribution < 1.29 is 47.8 Å². The van der Waals surface area contributed by atoms with E-state index in [1.54, 1.807) is 0 Å². The Morgan fingerprint density at radius 2 is 0.886 bits per heavy atom. The molecule has 4 aromatic rings. The van der Waals surface area contributed by atoms with Gasteiger partial charge in [-0.1, -0.05) is 76.2 Å². The predicted molar refractivity (Wildman–Crippen MR) is 180 cm³/mol. The monoisotopic (exact) mass is 798 g/mol. The first-order chi connectivity index (χ1) is 20.5. The Labute approximate surface area is 293 Å². The van der Waals surface area contributed by atoms with Crippen molar-refractivity contribution in [3.63, 3.8) is 0 Å². The Bertz CT molecular complexity index is 1460. The number of aryl methyl sites for hydroxylation is 2. The third-order valence-corrected chi connectivity index (χ3v) is 15.7. The van der Waals surface area contributed by atoms with E-state index in [4.69, 9.17) is 0 Å². The molecule has 0 aliphatic heterocycles. The van der Waals surface area contributed by atoms with Gasteiger partial charge in [0.25, 0.3) is 0 Å². The van der Waals surface area contributed by atoms with Crippen LogP contribution in [0.25, 0.3) is 11.1 Å². The number of hydrogen-bond acceptors (Lipinski definition) is 0. The van der Waals surface area contributed by atoms with Crippen molar-refractivity contribution >= 4 is 27.0 Å². The normalized spacial score (nSPS) is 12.9. The van der Waals surface area contributed by atoms with Crippen molar-refractivity contribution in [3.05, 3.63) is 167 Å². The van der Waals surface area contributed by atoms with E-state index in [0.717, 1.165) is 25.7 Å². The van der Waals surface area contributed by atoms with Gasteiger partial charge in [-0.3, -0.25) is 12.2 Å². The molecule has 0 saturated heterocycles. The van der Waals surface area contributed by atoms with E-state index >= 15 is 0 Å². The quantitative estimate of drug-likeness (QED) is 0.208. The molecule has 0 radical (unpaired) electrons. The first-order valence-electron chi connectivity index (χ1n) is 14.9. The molecular weight excluding hydrogens is 758 g/mol. The van der Waals surface area contributed by atoms with Crippen LogP contribution in [0.5, 0.6) is 0 Å². The molecule has 2 aliphatic rings. The van der Waals surface area contributed by atoms with Crippen LogP contribution in [-0.4, -0.2) is 5.49 Å². The summed E-state index contributed by atoms with van der Waals surface area (Å²) in [6, 6.07) is 39.4. The van der Waals surface area contributed by atoms with Crippen molar-refractivity contribution in [3.8, 4) is 0 Å². The number of allylic oxidation sites excluding steroid dienone is 8. The summed E-state index contributed by atoms with van der Waals surface area (Å²) < 4.78 is 0. The third-order valence-electron chi connectivity index (χ3n) is 7.63. The van der Waals surface area contributed by atoms with Gasteiger partial charge in [0.15, 0.2) is 0 Å². The van der Waals surface area contributed by atoms with Crippen molar-refractivity contribution in [1.82, 2.24) is 0 Å². The van der Waals surface area contributed by atoms with Gasteiger partial charge in [-0.05, 0) is 24.0 Å². The minimum atomic E-state index is -0.406. The molecule has 4 heteroatoms. The molecule has 4 aromatic carbocycles. The molecule has 0 aromatic heterocycles. The molecule has 0 atom stereocenters. The van der Waals surface area contributed by atoms with Gasteiger partial charge >= 0.3 is 99.5 Å². The third kappa shape index (κ3) is 10.8. The summed E-state index contributed by atoms with van der Waals surface area (Å²) in [6.45, 7) is 8.63. The van der Waals surface area contributed by atoms with Crippen molar-refractivity contribution in [2.75, 3.05) is 0 Å². The topological polar surface area (TPSA) is 0 Å². The summed E-state index contributed by atoms with van der Waals surface area (Å²) in [4.78, 5) is 0. The van der Waals surface area contributed by atoms with E-state index in [0.29, 0.717) is 0 Å². The summed E-state index contributed by atoms with van der Waals surface area (Å²) in [6.07, 6.45) is 15.3. The zero-order valence-corrected chi connectivity index (χ0v) is 32.2. The van der Waals surface area contributed by atoms with Crippen LogP contribution < -0.4 is 35.2 Å². The molecule has 0 heterocycles. The summed E-state index contributed by atoms with van der Waals surface area (Å²) >= 11 is 1.27. The van der Waals surface area contributed by atoms with Crippen molar-refractivity contribution in [2.45, 2.75) is 53.4 Å². The van der Waals surface area contributed by atoms with Crippen LogP contribution in [0.3, 0.4) is 0 Å². The Morgan fingerprint density at radius 3 is 1.16 bits per heavy atom. The fourth-order valence-electron chi connectivity index (χ4n) is 4.99. The molecule has 0 N–H and O–H groups in total. The maximum atomic E-state index is 3.32. The molecule has 6 rings (SSSR count). The molecule has 0 spiro atoms. The molecule has 0 unspecified atom stereocenters. The van der Waals surface area contributed by atoms with Crippen molar-refractivity contribution in [2.24, 2.45) is 0 Å². The first kappa shape index (κ1) is 37.7. The van der Waals surface area contributed by atoms with Gasteiger partial charge in [-0.15, -0.1) is 24.0 Å². The second kappa shape index (κ2) is 19.8. The van der Waals surface area contributed by atoms with E-state index in [2.05, 4.69) is 161 Å². The molecule has 224 valence electrons. The second-order valence-electron chi connectivity index (χ2n) is 10.5. The van der Waals surface area contributed by atoms with Gasteiger partial charge in [-0.2, -0.15) is 23.3 Å². The average Bonchev–Trinajstić information content (AvgIpc) is 3.70. The van der Waals surface area contributed by atoms with E-state index in [-0.39, 0.29) is 24.8 Å². The first-order valence-corrected chi connectivity index (χ1v) is 21.8. The summed E-state index contributed by atoms with van der Waals surface area (Å²) in [5.74, 6) is 0. The van der Waals surface area contributed by atoms with Crippen LogP contribution in [0.4, 0.5) is 0 Å². The number of rotatable bonds is 6. The van der Waals surface area contributed by atoms with Crippen LogP contribution in [0.1, 0.15) is 62.8 Å². The zero-order valence-electron chi connectivity index (χ0n) is 26.1. The second-order valence-corrected chi connectivity index (χ2v) is 17.7. The molecule has 2 aliphatic carbocycles. The molecule has 0 amide bonds. The van der Waals surface area contributed by atoms with E-state index < -0.39 is 5.49 Å². The van der Waals surface area contributed by atoms with E-state index in [9.17, 15) is 0 Å². The van der Waals surface area contributed by atoms with E-state index in [1.807, 2.05) is 0 Å². The minimum absolute atomic E-state index is 0.